The number of anilines is 1. The molecule has 0 saturated carbocycles. The highest BCUT2D eigenvalue weighted by Gasteiger charge is 2.18. The number of aromatic nitrogens is 1. The van der Waals surface area contributed by atoms with E-state index in [0.717, 1.165) is 28.9 Å². The van der Waals surface area contributed by atoms with Crippen LogP contribution in [-0.4, -0.2) is 23.1 Å². The molecule has 1 unspecified atom stereocenters. The van der Waals surface area contributed by atoms with Gasteiger partial charge in [-0.05, 0) is 67.3 Å². The zero-order chi connectivity index (χ0) is 21.3. The molecule has 3 rings (SSSR count). The maximum Gasteiger partial charge on any atom is 0.309 e. The summed E-state index contributed by atoms with van der Waals surface area (Å²) < 4.78 is 7.16. The number of hydrogen-bond acceptors (Lipinski definition) is 3. The van der Waals surface area contributed by atoms with Gasteiger partial charge >= 0.3 is 5.97 Å². The van der Waals surface area contributed by atoms with E-state index < -0.39 is 0 Å². The van der Waals surface area contributed by atoms with Crippen LogP contribution in [0.3, 0.4) is 0 Å². The van der Waals surface area contributed by atoms with E-state index >= 15 is 0 Å². The summed E-state index contributed by atoms with van der Waals surface area (Å²) in [6, 6.07) is 19.6. The summed E-state index contributed by atoms with van der Waals surface area (Å²) in [7, 11) is 0. The van der Waals surface area contributed by atoms with Crippen LogP contribution >= 0.6 is 0 Å². The maximum absolute atomic E-state index is 12.4. The highest BCUT2D eigenvalue weighted by atomic mass is 16.5. The molecule has 1 atom stereocenters. The fourth-order valence-electron chi connectivity index (χ4n) is 3.35. The largest absolute Gasteiger partial charge is 0.466 e. The fraction of sp³-hybridized carbons (Fsp3) is 0.280. The number of amides is 1. The van der Waals surface area contributed by atoms with Gasteiger partial charge in [0.25, 0.3) is 0 Å². The van der Waals surface area contributed by atoms with Crippen molar-refractivity contribution < 1.29 is 14.3 Å². The number of nitrogens with zero attached hydrogens (tertiary/aromatic N) is 1. The minimum atomic E-state index is -0.153. The lowest BCUT2D eigenvalue weighted by molar-refractivity contribution is -0.148. The van der Waals surface area contributed by atoms with E-state index in [1.807, 2.05) is 91.5 Å². The Balaban J connectivity index is 1.53. The SMILES string of the molecule is CCOC(=O)C(CC)Cc1ccc(NC(=O)Cc2ccc(-n3cccc3)cc2)cc1. The third-order valence-electron chi connectivity index (χ3n) is 5.04. The van der Waals surface area contributed by atoms with Crippen molar-refractivity contribution in [3.05, 3.63) is 84.2 Å². The van der Waals surface area contributed by atoms with Crippen LogP contribution < -0.4 is 5.32 Å². The lowest BCUT2D eigenvalue weighted by atomic mass is 9.97. The summed E-state index contributed by atoms with van der Waals surface area (Å²) >= 11 is 0. The average Bonchev–Trinajstić information content (AvgIpc) is 3.29. The first-order valence-corrected chi connectivity index (χ1v) is 10.4. The van der Waals surface area contributed by atoms with E-state index in [9.17, 15) is 9.59 Å². The van der Waals surface area contributed by atoms with Crippen LogP contribution in [-0.2, 0) is 27.2 Å². The molecule has 156 valence electrons. The molecule has 2 aromatic carbocycles. The average molecular weight is 405 g/mol. The van der Waals surface area contributed by atoms with Crippen molar-refractivity contribution >= 4 is 17.6 Å². The number of esters is 1. The highest BCUT2D eigenvalue weighted by Crippen LogP contribution is 2.17. The number of carbonyl (C=O) groups is 2. The summed E-state index contributed by atoms with van der Waals surface area (Å²) in [5, 5.41) is 2.93. The lowest BCUT2D eigenvalue weighted by Crippen LogP contribution is -2.19. The zero-order valence-electron chi connectivity index (χ0n) is 17.5. The fourth-order valence-corrected chi connectivity index (χ4v) is 3.35. The Morgan fingerprint density at radius 3 is 2.17 bits per heavy atom. The van der Waals surface area contributed by atoms with E-state index in [2.05, 4.69) is 5.32 Å². The Morgan fingerprint density at radius 1 is 0.933 bits per heavy atom. The quantitative estimate of drug-likeness (QED) is 0.522. The van der Waals surface area contributed by atoms with Crippen molar-refractivity contribution in [3.8, 4) is 5.69 Å². The van der Waals surface area contributed by atoms with Crippen LogP contribution in [0.2, 0.25) is 0 Å². The molecule has 0 radical (unpaired) electrons. The van der Waals surface area contributed by atoms with Crippen LogP contribution in [0.4, 0.5) is 5.69 Å². The van der Waals surface area contributed by atoms with Gasteiger partial charge in [0, 0.05) is 23.8 Å². The standard InChI is InChI=1S/C25H28N2O3/c1-3-21(25(29)30-4-2)17-19-7-11-22(12-8-19)26-24(28)18-20-9-13-23(14-10-20)27-15-5-6-16-27/h5-16,21H,3-4,17-18H2,1-2H3,(H,26,28). The molecule has 0 fully saturated rings. The maximum atomic E-state index is 12.4. The highest BCUT2D eigenvalue weighted by molar-refractivity contribution is 5.92. The Hall–Kier alpha value is -3.34. The second-order valence-electron chi connectivity index (χ2n) is 7.24. The number of carbonyl (C=O) groups excluding carboxylic acids is 2. The molecule has 0 aliphatic heterocycles. The summed E-state index contributed by atoms with van der Waals surface area (Å²) in [5.41, 5.74) is 3.82. The Labute approximate surface area is 177 Å². The van der Waals surface area contributed by atoms with E-state index in [1.165, 1.54) is 0 Å². The van der Waals surface area contributed by atoms with Crippen molar-refractivity contribution in [3.63, 3.8) is 0 Å². The molecule has 1 aromatic heterocycles. The first-order chi connectivity index (χ1) is 14.6. The third kappa shape index (κ3) is 5.83. The molecular formula is C25H28N2O3. The van der Waals surface area contributed by atoms with Gasteiger partial charge in [0.1, 0.15) is 0 Å². The van der Waals surface area contributed by atoms with Gasteiger partial charge in [-0.15, -0.1) is 0 Å². The van der Waals surface area contributed by atoms with Gasteiger partial charge in [0.05, 0.1) is 18.9 Å². The molecule has 0 spiro atoms. The van der Waals surface area contributed by atoms with Crippen LogP contribution in [0.1, 0.15) is 31.4 Å². The molecule has 0 bridgehead atoms. The zero-order valence-corrected chi connectivity index (χ0v) is 17.5. The number of benzene rings is 2. The monoisotopic (exact) mass is 404 g/mol. The van der Waals surface area contributed by atoms with Crippen molar-refractivity contribution in [2.24, 2.45) is 5.92 Å². The summed E-state index contributed by atoms with van der Waals surface area (Å²) in [4.78, 5) is 24.4. The third-order valence-corrected chi connectivity index (χ3v) is 5.04. The van der Waals surface area contributed by atoms with Gasteiger partial charge in [0.2, 0.25) is 5.91 Å². The normalized spacial score (nSPS) is 11.7. The second kappa shape index (κ2) is 10.4. The summed E-state index contributed by atoms with van der Waals surface area (Å²) in [5.74, 6) is -0.352. The van der Waals surface area contributed by atoms with Crippen molar-refractivity contribution in [2.75, 3.05) is 11.9 Å². The van der Waals surface area contributed by atoms with Crippen LogP contribution in [0.25, 0.3) is 5.69 Å². The molecule has 30 heavy (non-hydrogen) atoms. The van der Waals surface area contributed by atoms with Gasteiger partial charge in [-0.3, -0.25) is 9.59 Å². The Kier molecular flexibility index (Phi) is 7.44. The predicted molar refractivity (Wildman–Crippen MR) is 119 cm³/mol. The van der Waals surface area contributed by atoms with Crippen LogP contribution in [0.15, 0.2) is 73.1 Å². The van der Waals surface area contributed by atoms with Crippen LogP contribution in [0, 0.1) is 5.92 Å². The molecule has 0 saturated heterocycles. The number of hydrogen-bond donors (Lipinski definition) is 1. The molecule has 1 amide bonds. The van der Waals surface area contributed by atoms with Crippen molar-refractivity contribution in [1.82, 2.24) is 4.57 Å². The smallest absolute Gasteiger partial charge is 0.309 e. The Morgan fingerprint density at radius 2 is 1.57 bits per heavy atom. The van der Waals surface area contributed by atoms with Gasteiger partial charge in [-0.1, -0.05) is 31.2 Å². The number of nitrogens with one attached hydrogen (secondary N) is 1. The molecule has 0 aliphatic carbocycles. The summed E-state index contributed by atoms with van der Waals surface area (Å²) in [6.07, 6.45) is 5.66. The molecule has 0 aliphatic rings. The van der Waals surface area contributed by atoms with Gasteiger partial charge in [-0.25, -0.2) is 0 Å². The minimum Gasteiger partial charge on any atom is -0.466 e. The van der Waals surface area contributed by atoms with E-state index in [4.69, 9.17) is 4.74 Å². The first-order valence-electron chi connectivity index (χ1n) is 10.4. The van der Waals surface area contributed by atoms with Crippen molar-refractivity contribution in [1.29, 1.82) is 0 Å². The van der Waals surface area contributed by atoms with E-state index in [1.54, 1.807) is 0 Å². The first kappa shape index (κ1) is 21.4. The van der Waals surface area contributed by atoms with Gasteiger partial charge in [0.15, 0.2) is 0 Å². The molecule has 3 aromatic rings. The van der Waals surface area contributed by atoms with Crippen LogP contribution in [0.5, 0.6) is 0 Å². The van der Waals surface area contributed by atoms with E-state index in [-0.39, 0.29) is 17.8 Å². The molecule has 1 N–H and O–H groups in total. The summed E-state index contributed by atoms with van der Waals surface area (Å²) in [6.45, 7) is 4.20. The number of ether oxygens (including phenoxy) is 1. The van der Waals surface area contributed by atoms with Gasteiger partial charge < -0.3 is 14.6 Å². The molecule has 1 heterocycles. The topological polar surface area (TPSA) is 60.3 Å². The lowest BCUT2D eigenvalue weighted by Gasteiger charge is -2.14. The molecular weight excluding hydrogens is 376 g/mol. The molecule has 5 heteroatoms. The number of rotatable bonds is 9. The van der Waals surface area contributed by atoms with Crippen molar-refractivity contribution in [2.45, 2.75) is 33.1 Å². The van der Waals surface area contributed by atoms with E-state index in [0.29, 0.717) is 19.4 Å². The molecule has 5 nitrogen and oxygen atoms in total. The predicted octanol–water partition coefficient (Wildman–Crippen LogP) is 4.79. The van der Waals surface area contributed by atoms with Gasteiger partial charge in [-0.2, -0.15) is 0 Å². The minimum absolute atomic E-state index is 0.0607. The second-order valence-corrected chi connectivity index (χ2v) is 7.24. The Bertz CT molecular complexity index is 945.